The Labute approximate surface area is 137 Å². The SMILES string of the molecule is O=C1CCN(C2CCCC2)CCN1CCOc1ccc(F)cc1. The summed E-state index contributed by atoms with van der Waals surface area (Å²) < 4.78 is 18.5. The molecule has 23 heavy (non-hydrogen) atoms. The Morgan fingerprint density at radius 3 is 2.57 bits per heavy atom. The summed E-state index contributed by atoms with van der Waals surface area (Å²) >= 11 is 0. The molecule has 0 aromatic heterocycles. The van der Waals surface area contributed by atoms with E-state index in [1.807, 2.05) is 4.90 Å². The Bertz CT molecular complexity index is 514. The van der Waals surface area contributed by atoms with E-state index in [0.29, 0.717) is 31.4 Å². The fourth-order valence-electron chi connectivity index (χ4n) is 3.56. The summed E-state index contributed by atoms with van der Waals surface area (Å²) in [6.07, 6.45) is 5.81. The monoisotopic (exact) mass is 320 g/mol. The number of benzene rings is 1. The standard InChI is InChI=1S/C18H25FN2O2/c19-15-5-7-17(8-6-15)23-14-13-21-12-11-20(10-9-18(21)22)16-3-1-2-4-16/h5-8,16H,1-4,9-14H2. The molecule has 1 aliphatic heterocycles. The van der Waals surface area contributed by atoms with E-state index in [2.05, 4.69) is 4.90 Å². The maximum Gasteiger partial charge on any atom is 0.224 e. The van der Waals surface area contributed by atoms with E-state index in [-0.39, 0.29) is 11.7 Å². The highest BCUT2D eigenvalue weighted by atomic mass is 19.1. The molecule has 0 N–H and O–H groups in total. The molecular formula is C18H25FN2O2. The Kier molecular flexibility index (Phi) is 5.49. The minimum Gasteiger partial charge on any atom is -0.492 e. The van der Waals surface area contributed by atoms with Crippen molar-refractivity contribution in [3.8, 4) is 5.75 Å². The topological polar surface area (TPSA) is 32.8 Å². The van der Waals surface area contributed by atoms with Gasteiger partial charge in [0.1, 0.15) is 18.2 Å². The summed E-state index contributed by atoms with van der Waals surface area (Å²) in [5.41, 5.74) is 0. The van der Waals surface area contributed by atoms with E-state index < -0.39 is 0 Å². The van der Waals surface area contributed by atoms with Crippen LogP contribution >= 0.6 is 0 Å². The maximum atomic E-state index is 12.8. The number of carbonyl (C=O) groups is 1. The predicted molar refractivity (Wildman–Crippen MR) is 86.9 cm³/mol. The lowest BCUT2D eigenvalue weighted by Crippen LogP contribution is -2.38. The van der Waals surface area contributed by atoms with Gasteiger partial charge < -0.3 is 9.64 Å². The first-order chi connectivity index (χ1) is 11.2. The quantitative estimate of drug-likeness (QED) is 0.836. The van der Waals surface area contributed by atoms with Gasteiger partial charge >= 0.3 is 0 Å². The van der Waals surface area contributed by atoms with E-state index in [1.54, 1.807) is 12.1 Å². The van der Waals surface area contributed by atoms with Crippen LogP contribution in [-0.2, 0) is 4.79 Å². The van der Waals surface area contributed by atoms with Gasteiger partial charge in [0.15, 0.2) is 0 Å². The number of hydrogen-bond acceptors (Lipinski definition) is 3. The van der Waals surface area contributed by atoms with Crippen LogP contribution in [0, 0.1) is 5.82 Å². The Morgan fingerprint density at radius 2 is 1.83 bits per heavy atom. The molecule has 5 heteroatoms. The van der Waals surface area contributed by atoms with Crippen LogP contribution in [0.1, 0.15) is 32.1 Å². The molecule has 0 bridgehead atoms. The second-order valence-corrected chi connectivity index (χ2v) is 6.41. The molecule has 1 amide bonds. The largest absolute Gasteiger partial charge is 0.492 e. The van der Waals surface area contributed by atoms with Crippen molar-refractivity contribution in [3.05, 3.63) is 30.1 Å². The van der Waals surface area contributed by atoms with Gasteiger partial charge in [-0.1, -0.05) is 12.8 Å². The van der Waals surface area contributed by atoms with E-state index in [0.717, 1.165) is 19.6 Å². The fraction of sp³-hybridized carbons (Fsp3) is 0.611. The van der Waals surface area contributed by atoms with Crippen molar-refractivity contribution < 1.29 is 13.9 Å². The molecule has 0 spiro atoms. The summed E-state index contributed by atoms with van der Waals surface area (Å²) in [5.74, 6) is 0.585. The number of nitrogens with zero attached hydrogens (tertiary/aromatic N) is 2. The van der Waals surface area contributed by atoms with E-state index in [4.69, 9.17) is 4.74 Å². The van der Waals surface area contributed by atoms with Gasteiger partial charge in [-0.3, -0.25) is 9.69 Å². The van der Waals surface area contributed by atoms with Crippen LogP contribution in [-0.4, -0.2) is 54.5 Å². The van der Waals surface area contributed by atoms with Gasteiger partial charge in [-0.2, -0.15) is 0 Å². The van der Waals surface area contributed by atoms with Crippen molar-refractivity contribution in [1.82, 2.24) is 9.80 Å². The number of ether oxygens (including phenoxy) is 1. The summed E-state index contributed by atoms with van der Waals surface area (Å²) in [4.78, 5) is 16.6. The van der Waals surface area contributed by atoms with Crippen molar-refractivity contribution in [2.24, 2.45) is 0 Å². The van der Waals surface area contributed by atoms with Gasteiger partial charge in [-0.25, -0.2) is 4.39 Å². The third kappa shape index (κ3) is 4.44. The highest BCUT2D eigenvalue weighted by molar-refractivity contribution is 5.76. The van der Waals surface area contributed by atoms with E-state index in [9.17, 15) is 9.18 Å². The smallest absolute Gasteiger partial charge is 0.224 e. The fourth-order valence-corrected chi connectivity index (χ4v) is 3.56. The molecule has 126 valence electrons. The lowest BCUT2D eigenvalue weighted by atomic mass is 10.2. The zero-order valence-corrected chi connectivity index (χ0v) is 13.5. The summed E-state index contributed by atoms with van der Waals surface area (Å²) in [5, 5.41) is 0. The average Bonchev–Trinajstić information content (AvgIpc) is 3.02. The third-order valence-electron chi connectivity index (χ3n) is 4.91. The number of halogens is 1. The van der Waals surface area contributed by atoms with Gasteiger partial charge in [0, 0.05) is 32.1 Å². The Hall–Kier alpha value is -1.62. The van der Waals surface area contributed by atoms with Crippen molar-refractivity contribution in [1.29, 1.82) is 0 Å². The second-order valence-electron chi connectivity index (χ2n) is 6.41. The third-order valence-corrected chi connectivity index (χ3v) is 4.91. The summed E-state index contributed by atoms with van der Waals surface area (Å²) in [6, 6.07) is 6.67. The normalized spacial score (nSPS) is 20.7. The molecule has 0 atom stereocenters. The zero-order chi connectivity index (χ0) is 16.1. The number of amides is 1. The van der Waals surface area contributed by atoms with Gasteiger partial charge in [-0.15, -0.1) is 0 Å². The molecule has 1 heterocycles. The molecule has 1 aliphatic carbocycles. The van der Waals surface area contributed by atoms with Crippen LogP contribution < -0.4 is 4.74 Å². The van der Waals surface area contributed by atoms with Crippen LogP contribution in [0.2, 0.25) is 0 Å². The van der Waals surface area contributed by atoms with E-state index >= 15 is 0 Å². The van der Waals surface area contributed by atoms with Gasteiger partial charge in [0.2, 0.25) is 5.91 Å². The molecule has 1 saturated heterocycles. The zero-order valence-electron chi connectivity index (χ0n) is 13.5. The number of carbonyl (C=O) groups excluding carboxylic acids is 1. The molecule has 1 aromatic rings. The number of rotatable bonds is 5. The highest BCUT2D eigenvalue weighted by Gasteiger charge is 2.27. The molecule has 0 unspecified atom stereocenters. The first kappa shape index (κ1) is 16.2. The summed E-state index contributed by atoms with van der Waals surface area (Å²) in [7, 11) is 0. The van der Waals surface area contributed by atoms with Crippen molar-refractivity contribution >= 4 is 5.91 Å². The lowest BCUT2D eigenvalue weighted by Gasteiger charge is -2.27. The van der Waals surface area contributed by atoms with Gasteiger partial charge in [-0.05, 0) is 37.1 Å². The first-order valence-corrected chi connectivity index (χ1v) is 8.62. The van der Waals surface area contributed by atoms with E-state index in [1.165, 1.54) is 37.8 Å². The first-order valence-electron chi connectivity index (χ1n) is 8.62. The molecule has 2 fully saturated rings. The minimum atomic E-state index is -0.271. The van der Waals surface area contributed by atoms with Crippen molar-refractivity contribution in [2.45, 2.75) is 38.1 Å². The maximum absolute atomic E-state index is 12.8. The minimum absolute atomic E-state index is 0.216. The van der Waals surface area contributed by atoms with Gasteiger partial charge in [0.25, 0.3) is 0 Å². The second kappa shape index (κ2) is 7.77. The molecular weight excluding hydrogens is 295 g/mol. The van der Waals surface area contributed by atoms with Crippen LogP contribution in [0.5, 0.6) is 5.75 Å². The molecule has 3 rings (SSSR count). The molecule has 1 aromatic carbocycles. The average molecular weight is 320 g/mol. The van der Waals surface area contributed by atoms with Gasteiger partial charge in [0.05, 0.1) is 6.54 Å². The molecule has 2 aliphatic rings. The predicted octanol–water partition coefficient (Wildman–Crippen LogP) is 2.68. The lowest BCUT2D eigenvalue weighted by molar-refractivity contribution is -0.130. The van der Waals surface area contributed by atoms with Crippen molar-refractivity contribution in [2.75, 3.05) is 32.8 Å². The Balaban J connectivity index is 1.45. The highest BCUT2D eigenvalue weighted by Crippen LogP contribution is 2.24. The summed E-state index contributed by atoms with van der Waals surface area (Å²) in [6.45, 7) is 3.67. The Morgan fingerprint density at radius 1 is 1.09 bits per heavy atom. The van der Waals surface area contributed by atoms with Crippen molar-refractivity contribution in [3.63, 3.8) is 0 Å². The molecule has 4 nitrogen and oxygen atoms in total. The molecule has 1 saturated carbocycles. The van der Waals surface area contributed by atoms with Crippen LogP contribution in [0.25, 0.3) is 0 Å². The number of hydrogen-bond donors (Lipinski definition) is 0. The molecule has 0 radical (unpaired) electrons. The van der Waals surface area contributed by atoms with Crippen LogP contribution in [0.15, 0.2) is 24.3 Å². The van der Waals surface area contributed by atoms with Crippen LogP contribution in [0.4, 0.5) is 4.39 Å². The van der Waals surface area contributed by atoms with Crippen LogP contribution in [0.3, 0.4) is 0 Å².